The van der Waals surface area contributed by atoms with E-state index in [4.69, 9.17) is 4.74 Å². The van der Waals surface area contributed by atoms with E-state index in [0.29, 0.717) is 25.3 Å². The van der Waals surface area contributed by atoms with E-state index in [1.165, 1.54) is 25.7 Å². The summed E-state index contributed by atoms with van der Waals surface area (Å²) in [5.74, 6) is 0.570. The van der Waals surface area contributed by atoms with Gasteiger partial charge in [-0.1, -0.05) is 47.7 Å². The summed E-state index contributed by atoms with van der Waals surface area (Å²) in [5, 5.41) is 4.11. The van der Waals surface area contributed by atoms with Gasteiger partial charge in [-0.3, -0.25) is 4.79 Å². The minimum absolute atomic E-state index is 0.0797. The Morgan fingerprint density at radius 1 is 1.25 bits per heavy atom. The lowest BCUT2D eigenvalue weighted by molar-refractivity contribution is -0.134. The van der Waals surface area contributed by atoms with Gasteiger partial charge in [-0.2, -0.15) is 0 Å². The molecule has 28 heavy (non-hydrogen) atoms. The molecule has 2 aliphatic rings. The van der Waals surface area contributed by atoms with E-state index in [2.05, 4.69) is 21.2 Å². The fraction of sp³-hybridized carbons (Fsp3) is 0.591. The summed E-state index contributed by atoms with van der Waals surface area (Å²) in [4.78, 5) is 12.7. The van der Waals surface area contributed by atoms with Crippen LogP contribution in [0.3, 0.4) is 0 Å². The maximum Gasteiger partial charge on any atom is 0.224 e. The summed E-state index contributed by atoms with van der Waals surface area (Å²) < 4.78 is 22.4. The van der Waals surface area contributed by atoms with Crippen LogP contribution >= 0.6 is 15.9 Å². The molecule has 0 bridgehead atoms. The van der Waals surface area contributed by atoms with E-state index in [9.17, 15) is 9.18 Å². The van der Waals surface area contributed by atoms with Crippen molar-refractivity contribution in [2.45, 2.75) is 63.6 Å². The molecule has 1 saturated carbocycles. The maximum absolute atomic E-state index is 14.4. The van der Waals surface area contributed by atoms with Crippen LogP contribution in [0.15, 0.2) is 28.9 Å². The molecular weight excluding hydrogens is 423 g/mol. The van der Waals surface area contributed by atoms with Gasteiger partial charge in [-0.25, -0.2) is 4.39 Å². The Bertz CT molecular complexity index is 838. The number of halogens is 2. The average molecular weight is 451 g/mol. The number of carbonyl (C=O) groups is 1. The molecule has 1 aromatic carbocycles. The third-order valence-corrected chi connectivity index (χ3v) is 6.76. The van der Waals surface area contributed by atoms with Crippen LogP contribution in [0.1, 0.15) is 51.4 Å². The van der Waals surface area contributed by atoms with Gasteiger partial charge in [0.05, 0.1) is 24.4 Å². The molecule has 0 atom stereocenters. The zero-order valence-electron chi connectivity index (χ0n) is 16.2. The molecule has 1 aromatic heterocycles. The zero-order chi connectivity index (χ0) is 19.6. The fourth-order valence-electron chi connectivity index (χ4n) is 4.41. The minimum Gasteiger partial charge on any atom is -0.375 e. The van der Waals surface area contributed by atoms with E-state index < -0.39 is 5.67 Å². The highest BCUT2D eigenvalue weighted by Crippen LogP contribution is 2.35. The minimum atomic E-state index is -1.22. The van der Waals surface area contributed by atoms with Crippen molar-refractivity contribution in [1.82, 2.24) is 4.57 Å². The number of nitrogens with zero attached hydrogens (tertiary/aromatic N) is 1. The van der Waals surface area contributed by atoms with Crippen molar-refractivity contribution in [3.63, 3.8) is 0 Å². The molecule has 1 amide bonds. The molecule has 0 spiro atoms. The van der Waals surface area contributed by atoms with Gasteiger partial charge >= 0.3 is 0 Å². The number of fused-ring (bicyclic) bond motifs is 1. The van der Waals surface area contributed by atoms with Crippen molar-refractivity contribution in [3.8, 4) is 0 Å². The molecule has 4 rings (SSSR count). The predicted octanol–water partition coefficient (Wildman–Crippen LogP) is 5.83. The van der Waals surface area contributed by atoms with Crippen molar-refractivity contribution in [3.05, 3.63) is 28.9 Å². The first-order chi connectivity index (χ1) is 13.5. The predicted molar refractivity (Wildman–Crippen MR) is 113 cm³/mol. The molecule has 1 aliphatic carbocycles. The number of amides is 1. The van der Waals surface area contributed by atoms with Crippen LogP contribution in [0, 0.1) is 5.92 Å². The van der Waals surface area contributed by atoms with Gasteiger partial charge in [0.15, 0.2) is 5.67 Å². The van der Waals surface area contributed by atoms with E-state index in [0.717, 1.165) is 33.9 Å². The topological polar surface area (TPSA) is 43.3 Å². The van der Waals surface area contributed by atoms with Gasteiger partial charge in [-0.05, 0) is 30.9 Å². The van der Waals surface area contributed by atoms with Crippen LogP contribution in [-0.2, 0) is 16.1 Å². The molecule has 1 aliphatic heterocycles. The molecule has 4 nitrogen and oxygen atoms in total. The van der Waals surface area contributed by atoms with Crippen LogP contribution in [-0.4, -0.2) is 29.4 Å². The molecule has 2 aromatic rings. The number of rotatable bonds is 6. The monoisotopic (exact) mass is 450 g/mol. The molecule has 1 saturated heterocycles. The number of hydrogen-bond acceptors (Lipinski definition) is 2. The Labute approximate surface area is 173 Å². The Hall–Kier alpha value is -1.40. The highest BCUT2D eigenvalue weighted by molar-refractivity contribution is 9.10. The van der Waals surface area contributed by atoms with Crippen molar-refractivity contribution in [2.75, 3.05) is 18.5 Å². The third-order valence-electron chi connectivity index (χ3n) is 6.10. The Morgan fingerprint density at radius 3 is 2.68 bits per heavy atom. The second-order valence-electron chi connectivity index (χ2n) is 8.37. The van der Waals surface area contributed by atoms with Crippen molar-refractivity contribution in [1.29, 1.82) is 0 Å². The Morgan fingerprint density at radius 2 is 2.00 bits per heavy atom. The van der Waals surface area contributed by atoms with E-state index in [1.807, 2.05) is 29.0 Å². The van der Waals surface area contributed by atoms with Crippen molar-refractivity contribution >= 4 is 38.4 Å². The molecular formula is C22H28BrFN2O2. The first-order valence-corrected chi connectivity index (χ1v) is 11.2. The number of anilines is 1. The van der Waals surface area contributed by atoms with Crippen LogP contribution < -0.4 is 5.32 Å². The lowest BCUT2D eigenvalue weighted by Crippen LogP contribution is -2.46. The van der Waals surface area contributed by atoms with E-state index in [1.54, 1.807) is 0 Å². The lowest BCUT2D eigenvalue weighted by atomic mass is 9.96. The number of alkyl halides is 1. The quantitative estimate of drug-likeness (QED) is 0.562. The summed E-state index contributed by atoms with van der Waals surface area (Å²) in [5.41, 5.74) is 0.591. The summed E-state index contributed by atoms with van der Waals surface area (Å²) >= 11 is 3.62. The lowest BCUT2D eigenvalue weighted by Gasteiger charge is -2.33. The smallest absolute Gasteiger partial charge is 0.224 e. The molecule has 6 heteroatoms. The highest BCUT2D eigenvalue weighted by atomic mass is 79.9. The molecule has 152 valence electrons. The molecule has 2 fully saturated rings. The van der Waals surface area contributed by atoms with Gasteiger partial charge in [0.1, 0.15) is 0 Å². The first kappa shape index (κ1) is 19.9. The zero-order valence-corrected chi connectivity index (χ0v) is 17.8. The van der Waals surface area contributed by atoms with Gasteiger partial charge in [0, 0.05) is 35.4 Å². The van der Waals surface area contributed by atoms with Gasteiger partial charge in [0.2, 0.25) is 5.91 Å². The van der Waals surface area contributed by atoms with Crippen molar-refractivity contribution < 1.29 is 13.9 Å². The van der Waals surface area contributed by atoms with Crippen LogP contribution in [0.5, 0.6) is 0 Å². The molecule has 0 radical (unpaired) electrons. The fourth-order valence-corrected chi connectivity index (χ4v) is 4.98. The number of aromatic nitrogens is 1. The standard InChI is InChI=1S/C22H28BrFN2O2/c23-17-8-5-9-19-21(17)18(13-26(19)11-10-22(24)14-28-15-22)25-20(27)12-16-6-3-1-2-4-7-16/h5,8-9,13,16H,1-4,6-7,10-12,14-15H2,(H,25,27). The van der Waals surface area contributed by atoms with E-state index >= 15 is 0 Å². The second-order valence-corrected chi connectivity index (χ2v) is 9.23. The molecule has 2 heterocycles. The van der Waals surface area contributed by atoms with E-state index in [-0.39, 0.29) is 19.1 Å². The average Bonchev–Trinajstić information content (AvgIpc) is 2.81. The van der Waals surface area contributed by atoms with Crippen LogP contribution in [0.4, 0.5) is 10.1 Å². The van der Waals surface area contributed by atoms with Crippen LogP contribution in [0.2, 0.25) is 0 Å². The van der Waals surface area contributed by atoms with Gasteiger partial charge in [-0.15, -0.1) is 0 Å². The maximum atomic E-state index is 14.4. The number of ether oxygens (including phenoxy) is 1. The number of aryl methyl sites for hydroxylation is 1. The van der Waals surface area contributed by atoms with Crippen molar-refractivity contribution in [2.24, 2.45) is 5.92 Å². The summed E-state index contributed by atoms with van der Waals surface area (Å²) in [6, 6.07) is 5.96. The highest BCUT2D eigenvalue weighted by Gasteiger charge is 2.38. The normalized spacial score (nSPS) is 19.9. The molecule has 1 N–H and O–H groups in total. The number of hydrogen-bond donors (Lipinski definition) is 1. The number of carbonyl (C=O) groups excluding carboxylic acids is 1. The summed E-state index contributed by atoms with van der Waals surface area (Å²) in [6.07, 6.45) is 10.3. The second kappa shape index (κ2) is 8.54. The Kier molecular flexibility index (Phi) is 6.07. The largest absolute Gasteiger partial charge is 0.375 e. The number of benzene rings is 1. The van der Waals surface area contributed by atoms with Gasteiger partial charge in [0.25, 0.3) is 0 Å². The third kappa shape index (κ3) is 4.43. The van der Waals surface area contributed by atoms with Gasteiger partial charge < -0.3 is 14.6 Å². The number of nitrogens with one attached hydrogen (secondary N) is 1. The summed E-state index contributed by atoms with van der Waals surface area (Å²) in [7, 11) is 0. The molecule has 0 unspecified atom stereocenters. The summed E-state index contributed by atoms with van der Waals surface area (Å²) in [6.45, 7) is 0.924. The van der Waals surface area contributed by atoms with Crippen LogP contribution in [0.25, 0.3) is 10.9 Å². The SMILES string of the molecule is O=C(CC1CCCCCC1)Nc1cn(CCC2(F)COC2)c2cccc(Br)c12. The first-order valence-electron chi connectivity index (χ1n) is 10.4. The Balaban J connectivity index is 1.50.